The van der Waals surface area contributed by atoms with Crippen LogP contribution in [0.15, 0.2) is 12.2 Å². The first kappa shape index (κ1) is 10.5. The van der Waals surface area contributed by atoms with Crippen LogP contribution in [0.25, 0.3) is 0 Å². The van der Waals surface area contributed by atoms with Crippen LogP contribution in [0.2, 0.25) is 0 Å². The lowest BCUT2D eigenvalue weighted by Gasteiger charge is -2.35. The highest BCUT2D eigenvalue weighted by atomic mass is 16.5. The molecule has 4 fully saturated rings. The molecule has 1 heteroatoms. The monoisotopic (exact) mass is 244 g/mol. The number of fused-ring (bicyclic) bond motifs is 7. The van der Waals surface area contributed by atoms with Gasteiger partial charge >= 0.3 is 0 Å². The largest absolute Gasteiger partial charge is 0.374 e. The summed E-state index contributed by atoms with van der Waals surface area (Å²) in [6.07, 6.45) is 16.3. The fourth-order valence-electron chi connectivity index (χ4n) is 6.23. The normalized spacial score (nSPS) is 59.8. The highest BCUT2D eigenvalue weighted by Gasteiger charge is 2.54. The molecule has 8 atom stereocenters. The maximum atomic E-state index is 6.62. The molecular formula is C17H24O. The van der Waals surface area contributed by atoms with Crippen molar-refractivity contribution in [3.63, 3.8) is 0 Å². The van der Waals surface area contributed by atoms with E-state index in [9.17, 15) is 0 Å². The van der Waals surface area contributed by atoms with Gasteiger partial charge in [-0.05, 0) is 80.5 Å². The highest BCUT2D eigenvalue weighted by Crippen LogP contribution is 2.58. The van der Waals surface area contributed by atoms with Crippen LogP contribution < -0.4 is 0 Å². The predicted molar refractivity (Wildman–Crippen MR) is 71.1 cm³/mol. The standard InChI is InChI=1S/C17H24O/c1-2-13-12-8-15(14(13)3-1)17(9-12)18-16-7-10-4-5-11(16)6-10/h1-2,10-17H,3-9H2. The van der Waals surface area contributed by atoms with E-state index in [0.717, 1.165) is 35.5 Å². The van der Waals surface area contributed by atoms with Gasteiger partial charge in [0, 0.05) is 0 Å². The van der Waals surface area contributed by atoms with Gasteiger partial charge in [-0.3, -0.25) is 0 Å². The Hall–Kier alpha value is -0.300. The quantitative estimate of drug-likeness (QED) is 0.671. The SMILES string of the molecule is C1=CC2C3CC(OC4CC5CCC4C5)C(C3)C2C1. The second-order valence-electron chi connectivity index (χ2n) is 7.69. The van der Waals surface area contributed by atoms with Gasteiger partial charge in [0.25, 0.3) is 0 Å². The van der Waals surface area contributed by atoms with E-state index < -0.39 is 0 Å². The molecule has 0 saturated heterocycles. The molecule has 0 aromatic carbocycles. The Morgan fingerprint density at radius 3 is 2.67 bits per heavy atom. The number of ether oxygens (including phenoxy) is 1. The summed E-state index contributed by atoms with van der Waals surface area (Å²) < 4.78 is 6.62. The van der Waals surface area contributed by atoms with Crippen molar-refractivity contribution in [3.05, 3.63) is 12.2 Å². The lowest BCUT2D eigenvalue weighted by molar-refractivity contribution is -0.0759. The summed E-state index contributed by atoms with van der Waals surface area (Å²) in [5, 5.41) is 0. The van der Waals surface area contributed by atoms with Crippen molar-refractivity contribution in [3.8, 4) is 0 Å². The molecule has 5 aliphatic rings. The van der Waals surface area contributed by atoms with Crippen LogP contribution in [-0.2, 0) is 4.74 Å². The first-order valence-corrected chi connectivity index (χ1v) is 8.20. The van der Waals surface area contributed by atoms with Crippen LogP contribution in [0.3, 0.4) is 0 Å². The maximum Gasteiger partial charge on any atom is 0.0613 e. The molecule has 18 heavy (non-hydrogen) atoms. The van der Waals surface area contributed by atoms with Gasteiger partial charge in [0.05, 0.1) is 12.2 Å². The van der Waals surface area contributed by atoms with E-state index in [0.29, 0.717) is 12.2 Å². The zero-order valence-corrected chi connectivity index (χ0v) is 11.1. The van der Waals surface area contributed by atoms with Gasteiger partial charge in [-0.1, -0.05) is 12.2 Å². The zero-order chi connectivity index (χ0) is 11.7. The minimum absolute atomic E-state index is 0.639. The fraction of sp³-hybridized carbons (Fsp3) is 0.882. The van der Waals surface area contributed by atoms with Gasteiger partial charge < -0.3 is 4.74 Å². The summed E-state index contributed by atoms with van der Waals surface area (Å²) in [6.45, 7) is 0. The molecule has 0 N–H and O–H groups in total. The van der Waals surface area contributed by atoms with E-state index in [4.69, 9.17) is 4.74 Å². The summed E-state index contributed by atoms with van der Waals surface area (Å²) in [5.41, 5.74) is 0. The number of rotatable bonds is 2. The molecule has 98 valence electrons. The maximum absolute atomic E-state index is 6.62. The molecule has 0 aromatic rings. The first-order valence-electron chi connectivity index (χ1n) is 8.20. The molecule has 5 rings (SSSR count). The van der Waals surface area contributed by atoms with Crippen LogP contribution in [-0.4, -0.2) is 12.2 Å². The summed E-state index contributed by atoms with van der Waals surface area (Å²) in [5.74, 6) is 5.75. The third-order valence-corrected chi connectivity index (χ3v) is 6.97. The van der Waals surface area contributed by atoms with Crippen LogP contribution >= 0.6 is 0 Å². The van der Waals surface area contributed by atoms with Crippen molar-refractivity contribution < 1.29 is 4.74 Å². The minimum atomic E-state index is 0.639. The molecule has 0 spiro atoms. The van der Waals surface area contributed by atoms with Crippen molar-refractivity contribution in [2.24, 2.45) is 35.5 Å². The first-order chi connectivity index (χ1) is 8.88. The van der Waals surface area contributed by atoms with Gasteiger partial charge in [-0.2, -0.15) is 0 Å². The Labute approximate surface area is 110 Å². The predicted octanol–water partition coefficient (Wildman–Crippen LogP) is 3.79. The van der Waals surface area contributed by atoms with Crippen molar-refractivity contribution in [2.45, 2.75) is 57.2 Å². The number of hydrogen-bond donors (Lipinski definition) is 0. The molecule has 0 aromatic heterocycles. The summed E-state index contributed by atoms with van der Waals surface area (Å²) >= 11 is 0. The molecule has 5 aliphatic carbocycles. The van der Waals surface area contributed by atoms with E-state index in [-0.39, 0.29) is 0 Å². The molecule has 0 radical (unpaired) electrons. The van der Waals surface area contributed by atoms with Gasteiger partial charge in [-0.15, -0.1) is 0 Å². The van der Waals surface area contributed by atoms with Crippen LogP contribution in [0.1, 0.15) is 44.9 Å². The second kappa shape index (κ2) is 3.62. The number of allylic oxidation sites excluding steroid dienone is 2. The smallest absolute Gasteiger partial charge is 0.0613 e. The average molecular weight is 244 g/mol. The topological polar surface area (TPSA) is 9.23 Å². The molecule has 0 aliphatic heterocycles. The van der Waals surface area contributed by atoms with E-state index in [1.807, 2.05) is 0 Å². The highest BCUT2D eigenvalue weighted by molar-refractivity contribution is 5.14. The Balaban J connectivity index is 1.30. The van der Waals surface area contributed by atoms with E-state index in [1.54, 1.807) is 0 Å². The van der Waals surface area contributed by atoms with E-state index in [1.165, 1.54) is 44.9 Å². The number of hydrogen-bond acceptors (Lipinski definition) is 1. The van der Waals surface area contributed by atoms with Crippen molar-refractivity contribution in [2.75, 3.05) is 0 Å². The summed E-state index contributed by atoms with van der Waals surface area (Å²) in [6, 6.07) is 0. The molecule has 0 heterocycles. The molecule has 1 nitrogen and oxygen atoms in total. The Morgan fingerprint density at radius 1 is 0.833 bits per heavy atom. The van der Waals surface area contributed by atoms with Gasteiger partial charge in [0.15, 0.2) is 0 Å². The van der Waals surface area contributed by atoms with Crippen LogP contribution in [0.4, 0.5) is 0 Å². The van der Waals surface area contributed by atoms with Gasteiger partial charge in [0.1, 0.15) is 0 Å². The molecule has 4 bridgehead atoms. The fourth-order valence-corrected chi connectivity index (χ4v) is 6.23. The van der Waals surface area contributed by atoms with Gasteiger partial charge in [0.2, 0.25) is 0 Å². The Morgan fingerprint density at radius 2 is 1.83 bits per heavy atom. The minimum Gasteiger partial charge on any atom is -0.374 e. The van der Waals surface area contributed by atoms with Crippen molar-refractivity contribution in [1.29, 1.82) is 0 Å². The molecule has 4 saturated carbocycles. The second-order valence-corrected chi connectivity index (χ2v) is 7.69. The lowest BCUT2D eigenvalue weighted by atomic mass is 9.80. The summed E-state index contributed by atoms with van der Waals surface area (Å²) in [7, 11) is 0. The molecule has 0 amide bonds. The van der Waals surface area contributed by atoms with E-state index in [2.05, 4.69) is 12.2 Å². The van der Waals surface area contributed by atoms with Crippen molar-refractivity contribution in [1.82, 2.24) is 0 Å². The average Bonchev–Trinajstić information content (AvgIpc) is 3.14. The third kappa shape index (κ3) is 1.32. The molecule has 8 unspecified atom stereocenters. The Kier molecular flexibility index (Phi) is 2.11. The molecular weight excluding hydrogens is 220 g/mol. The third-order valence-electron chi connectivity index (χ3n) is 6.97. The van der Waals surface area contributed by atoms with Crippen LogP contribution in [0.5, 0.6) is 0 Å². The summed E-state index contributed by atoms with van der Waals surface area (Å²) in [4.78, 5) is 0. The van der Waals surface area contributed by atoms with Gasteiger partial charge in [-0.25, -0.2) is 0 Å². The zero-order valence-electron chi connectivity index (χ0n) is 11.1. The van der Waals surface area contributed by atoms with E-state index >= 15 is 0 Å². The van der Waals surface area contributed by atoms with Crippen LogP contribution in [0, 0.1) is 35.5 Å². The van der Waals surface area contributed by atoms with Crippen molar-refractivity contribution >= 4 is 0 Å². The Bertz CT molecular complexity index is 387. The lowest BCUT2D eigenvalue weighted by Crippen LogP contribution is -2.35.